The molecule has 1 aliphatic rings. The molecule has 1 aromatic heterocycles. The Morgan fingerprint density at radius 2 is 1.91 bits per heavy atom. The molecule has 0 radical (unpaired) electrons. The Bertz CT molecular complexity index is 685. The van der Waals surface area contributed by atoms with E-state index >= 15 is 0 Å². The summed E-state index contributed by atoms with van der Waals surface area (Å²) in [6, 6.07) is 5.59. The lowest BCUT2D eigenvalue weighted by atomic mass is 9.95. The van der Waals surface area contributed by atoms with Gasteiger partial charge in [0.25, 0.3) is 0 Å². The minimum Gasteiger partial charge on any atom is -0.398 e. The first kappa shape index (κ1) is 15.7. The normalized spacial score (nSPS) is 16.8. The topological polar surface area (TPSA) is 47.1 Å². The second kappa shape index (κ2) is 5.79. The summed E-state index contributed by atoms with van der Waals surface area (Å²) in [4.78, 5) is 1.99. The molecule has 0 atom stereocenters. The molecule has 2 heterocycles. The van der Waals surface area contributed by atoms with E-state index in [0.29, 0.717) is 18.8 Å². The highest BCUT2D eigenvalue weighted by Crippen LogP contribution is 2.37. The fourth-order valence-corrected chi connectivity index (χ4v) is 3.02. The van der Waals surface area contributed by atoms with Crippen molar-refractivity contribution in [1.29, 1.82) is 0 Å². The van der Waals surface area contributed by atoms with Crippen LogP contribution in [0.1, 0.15) is 12.8 Å². The molecule has 3 rings (SSSR count). The monoisotopic (exact) mass is 324 g/mol. The zero-order valence-corrected chi connectivity index (χ0v) is 12.8. The van der Waals surface area contributed by atoms with Crippen LogP contribution in [0.4, 0.5) is 24.5 Å². The number of benzene rings is 1. The van der Waals surface area contributed by atoms with E-state index in [9.17, 15) is 13.2 Å². The highest BCUT2D eigenvalue weighted by atomic mass is 19.4. The molecule has 23 heavy (non-hydrogen) atoms. The average molecular weight is 324 g/mol. The average Bonchev–Trinajstić information content (AvgIpc) is 2.93. The van der Waals surface area contributed by atoms with Gasteiger partial charge in [-0.25, -0.2) is 0 Å². The fraction of sp³-hybridized carbons (Fsp3) is 0.438. The number of hydrogen-bond acceptors (Lipinski definition) is 3. The Morgan fingerprint density at radius 3 is 2.48 bits per heavy atom. The molecular weight excluding hydrogens is 305 g/mol. The number of halogens is 3. The van der Waals surface area contributed by atoms with E-state index in [1.807, 2.05) is 30.3 Å². The van der Waals surface area contributed by atoms with Crippen molar-refractivity contribution in [3.8, 4) is 11.1 Å². The molecule has 1 aromatic carbocycles. The highest BCUT2D eigenvalue weighted by Gasteiger charge is 2.41. The lowest BCUT2D eigenvalue weighted by Gasteiger charge is -2.34. The van der Waals surface area contributed by atoms with E-state index in [-0.39, 0.29) is 12.8 Å². The van der Waals surface area contributed by atoms with Crippen molar-refractivity contribution in [2.75, 3.05) is 23.7 Å². The van der Waals surface area contributed by atoms with Gasteiger partial charge in [-0.1, -0.05) is 0 Å². The minimum atomic E-state index is -4.09. The Labute approximate surface area is 132 Å². The van der Waals surface area contributed by atoms with Crippen LogP contribution in [-0.2, 0) is 7.05 Å². The molecule has 7 heteroatoms. The third-order valence-corrected chi connectivity index (χ3v) is 4.38. The number of nitrogens with two attached hydrogens (primary N) is 1. The molecule has 0 amide bonds. The zero-order chi connectivity index (χ0) is 16.6. The van der Waals surface area contributed by atoms with E-state index in [0.717, 1.165) is 16.8 Å². The van der Waals surface area contributed by atoms with E-state index < -0.39 is 12.1 Å². The smallest absolute Gasteiger partial charge is 0.391 e. The summed E-state index contributed by atoms with van der Waals surface area (Å²) >= 11 is 0. The van der Waals surface area contributed by atoms with Crippen molar-refractivity contribution in [3.63, 3.8) is 0 Å². The molecule has 124 valence electrons. The summed E-state index contributed by atoms with van der Waals surface area (Å²) in [5.74, 6) is -1.19. The molecule has 2 N–H and O–H groups in total. The van der Waals surface area contributed by atoms with Crippen molar-refractivity contribution in [1.82, 2.24) is 9.78 Å². The number of rotatable bonds is 2. The van der Waals surface area contributed by atoms with Crippen LogP contribution in [0.15, 0.2) is 30.6 Å². The Morgan fingerprint density at radius 1 is 1.22 bits per heavy atom. The van der Waals surface area contributed by atoms with Crippen LogP contribution in [0.3, 0.4) is 0 Å². The largest absolute Gasteiger partial charge is 0.398 e. The predicted molar refractivity (Wildman–Crippen MR) is 84.0 cm³/mol. The van der Waals surface area contributed by atoms with Gasteiger partial charge in [-0.05, 0) is 31.0 Å². The molecule has 0 aliphatic carbocycles. The van der Waals surface area contributed by atoms with E-state index in [2.05, 4.69) is 5.10 Å². The number of nitrogens with zero attached hydrogens (tertiary/aromatic N) is 3. The van der Waals surface area contributed by atoms with Gasteiger partial charge in [0, 0.05) is 48.8 Å². The summed E-state index contributed by atoms with van der Waals surface area (Å²) in [5.41, 5.74) is 9.32. The van der Waals surface area contributed by atoms with Crippen LogP contribution in [0, 0.1) is 5.92 Å². The zero-order valence-electron chi connectivity index (χ0n) is 12.8. The molecule has 0 bridgehead atoms. The number of aromatic nitrogens is 2. The van der Waals surface area contributed by atoms with Gasteiger partial charge < -0.3 is 10.6 Å². The maximum atomic E-state index is 12.8. The summed E-state index contributed by atoms with van der Waals surface area (Å²) in [7, 11) is 1.82. The van der Waals surface area contributed by atoms with Gasteiger partial charge in [0.1, 0.15) is 0 Å². The van der Waals surface area contributed by atoms with Gasteiger partial charge >= 0.3 is 6.18 Å². The maximum absolute atomic E-state index is 12.8. The molecule has 1 saturated heterocycles. The quantitative estimate of drug-likeness (QED) is 0.861. The highest BCUT2D eigenvalue weighted by molar-refractivity contribution is 5.79. The van der Waals surface area contributed by atoms with Crippen LogP contribution in [0.2, 0.25) is 0 Å². The molecule has 1 fully saturated rings. The third kappa shape index (κ3) is 3.28. The van der Waals surface area contributed by atoms with Gasteiger partial charge in [-0.15, -0.1) is 0 Å². The van der Waals surface area contributed by atoms with Crippen molar-refractivity contribution in [2.24, 2.45) is 13.0 Å². The predicted octanol–water partition coefficient (Wildman–Crippen LogP) is 3.45. The number of hydrogen-bond donors (Lipinski definition) is 1. The maximum Gasteiger partial charge on any atom is 0.391 e. The first-order chi connectivity index (χ1) is 10.8. The fourth-order valence-electron chi connectivity index (χ4n) is 3.02. The second-order valence-electron chi connectivity index (χ2n) is 5.98. The Kier molecular flexibility index (Phi) is 3.95. The molecular formula is C16H19F3N4. The lowest BCUT2D eigenvalue weighted by Crippen LogP contribution is -2.39. The summed E-state index contributed by atoms with van der Waals surface area (Å²) in [6.07, 6.45) is -0.225. The molecule has 0 saturated carbocycles. The van der Waals surface area contributed by atoms with Crippen molar-refractivity contribution < 1.29 is 13.2 Å². The van der Waals surface area contributed by atoms with Crippen LogP contribution in [-0.4, -0.2) is 29.0 Å². The molecule has 2 aromatic rings. The van der Waals surface area contributed by atoms with Crippen molar-refractivity contribution in [3.05, 3.63) is 30.6 Å². The van der Waals surface area contributed by atoms with E-state index in [1.54, 1.807) is 16.9 Å². The van der Waals surface area contributed by atoms with Gasteiger partial charge in [0.05, 0.1) is 12.1 Å². The van der Waals surface area contributed by atoms with Crippen LogP contribution in [0.25, 0.3) is 11.1 Å². The van der Waals surface area contributed by atoms with E-state index in [4.69, 9.17) is 5.73 Å². The number of alkyl halides is 3. The summed E-state index contributed by atoms with van der Waals surface area (Å²) in [5, 5.41) is 4.14. The van der Waals surface area contributed by atoms with Gasteiger partial charge in [-0.3, -0.25) is 4.68 Å². The Balaban J connectivity index is 1.80. The van der Waals surface area contributed by atoms with Gasteiger partial charge in [0.2, 0.25) is 0 Å². The lowest BCUT2D eigenvalue weighted by molar-refractivity contribution is -0.179. The summed E-state index contributed by atoms with van der Waals surface area (Å²) in [6.45, 7) is 0.807. The van der Waals surface area contributed by atoms with Crippen LogP contribution >= 0.6 is 0 Å². The minimum absolute atomic E-state index is 0.135. The number of nitrogen functional groups attached to an aromatic ring is 1. The standard InChI is InChI=1S/C16H19F3N4/c1-22-10-11(9-21-22)14-8-13(2-3-15(14)20)23-6-4-12(5-7-23)16(17,18)19/h2-3,8-10,12H,4-7,20H2,1H3. The number of aryl methyl sites for hydroxylation is 1. The molecule has 1 aliphatic heterocycles. The Hall–Kier alpha value is -2.18. The van der Waals surface area contributed by atoms with E-state index in [1.165, 1.54) is 0 Å². The van der Waals surface area contributed by atoms with Crippen molar-refractivity contribution >= 4 is 11.4 Å². The molecule has 0 unspecified atom stereocenters. The first-order valence-electron chi connectivity index (χ1n) is 7.55. The SMILES string of the molecule is Cn1cc(-c2cc(N3CCC(C(F)(F)F)CC3)ccc2N)cn1. The molecule has 0 spiro atoms. The third-order valence-electron chi connectivity index (χ3n) is 4.38. The number of anilines is 2. The number of piperidine rings is 1. The van der Waals surface area contributed by atoms with Gasteiger partial charge in [0.15, 0.2) is 0 Å². The second-order valence-corrected chi connectivity index (χ2v) is 5.98. The van der Waals surface area contributed by atoms with Crippen molar-refractivity contribution in [2.45, 2.75) is 19.0 Å². The first-order valence-corrected chi connectivity index (χ1v) is 7.55. The van der Waals surface area contributed by atoms with Crippen LogP contribution in [0.5, 0.6) is 0 Å². The van der Waals surface area contributed by atoms with Gasteiger partial charge in [-0.2, -0.15) is 18.3 Å². The van der Waals surface area contributed by atoms with Crippen LogP contribution < -0.4 is 10.6 Å². The molecule has 4 nitrogen and oxygen atoms in total. The summed E-state index contributed by atoms with van der Waals surface area (Å²) < 4.78 is 40.0.